The van der Waals surface area contributed by atoms with Gasteiger partial charge in [-0.05, 0) is 32.1 Å². The Labute approximate surface area is 191 Å². The molecule has 0 saturated heterocycles. The van der Waals surface area contributed by atoms with Crippen molar-refractivity contribution in [1.29, 1.82) is 0 Å². The maximum absolute atomic E-state index is 12.6. The molecule has 3 unspecified atom stereocenters. The number of rotatable bonds is 18. The summed E-state index contributed by atoms with van der Waals surface area (Å²) in [5.74, 6) is -3.34. The van der Waals surface area contributed by atoms with Gasteiger partial charge in [0.1, 0.15) is 11.3 Å². The number of nitrogens with two attached hydrogens (primary N) is 1. The Bertz CT molecular complexity index is 769. The first kappa shape index (κ1) is 29.8. The Hall–Kier alpha value is -2.23. The van der Waals surface area contributed by atoms with Crippen molar-refractivity contribution in [3.05, 3.63) is 48.6 Å². The van der Waals surface area contributed by atoms with E-state index < -0.39 is 44.9 Å². The predicted octanol–water partition coefficient (Wildman–Crippen LogP) is 2.99. The molecule has 0 radical (unpaired) electrons. The molecule has 182 valence electrons. The Morgan fingerprint density at radius 1 is 0.969 bits per heavy atom. The topological polar surface area (TPSA) is 155 Å². The molecule has 0 saturated carbocycles. The second-order valence-corrected chi connectivity index (χ2v) is 9.70. The number of hydrogen-bond donors (Lipinski definition) is 4. The number of carbonyl (C=O) groups is 2. The van der Waals surface area contributed by atoms with E-state index in [9.17, 15) is 23.1 Å². The third-order valence-corrected chi connectivity index (χ3v) is 6.72. The summed E-state index contributed by atoms with van der Waals surface area (Å²) in [5.41, 5.74) is 5.36. The van der Waals surface area contributed by atoms with Gasteiger partial charge in [0.15, 0.2) is 9.84 Å². The minimum atomic E-state index is -4.08. The van der Waals surface area contributed by atoms with Crippen molar-refractivity contribution in [3.8, 4) is 0 Å². The van der Waals surface area contributed by atoms with E-state index >= 15 is 0 Å². The summed E-state index contributed by atoms with van der Waals surface area (Å²) in [5, 5.41) is 26.6. The third-order valence-electron chi connectivity index (χ3n) is 4.60. The molecule has 0 aliphatic rings. The van der Waals surface area contributed by atoms with Crippen LogP contribution in [0.1, 0.15) is 58.3 Å². The quantitative estimate of drug-likeness (QED) is 0.135. The monoisotopic (exact) mass is 471 g/mol. The first-order valence-corrected chi connectivity index (χ1v) is 12.6. The van der Waals surface area contributed by atoms with Crippen LogP contribution in [0.5, 0.6) is 0 Å². The first-order chi connectivity index (χ1) is 15.1. The number of aliphatic hydroxyl groups excluding tert-OH is 1. The molecule has 3 atom stereocenters. The van der Waals surface area contributed by atoms with Crippen LogP contribution >= 0.6 is 0 Å². The van der Waals surface area contributed by atoms with Gasteiger partial charge in [-0.1, -0.05) is 68.4 Å². The van der Waals surface area contributed by atoms with Crippen LogP contribution in [0.2, 0.25) is 0 Å². The molecule has 0 aromatic heterocycles. The fourth-order valence-corrected chi connectivity index (χ4v) is 4.62. The van der Waals surface area contributed by atoms with Gasteiger partial charge in [0.05, 0.1) is 11.9 Å². The first-order valence-electron chi connectivity index (χ1n) is 10.9. The Morgan fingerprint density at radius 2 is 1.66 bits per heavy atom. The molecule has 0 bridgehead atoms. The Balaban J connectivity index is 4.98. The van der Waals surface area contributed by atoms with Crippen LogP contribution < -0.4 is 5.73 Å². The van der Waals surface area contributed by atoms with Crippen molar-refractivity contribution >= 4 is 21.8 Å². The molecule has 0 fully saturated rings. The summed E-state index contributed by atoms with van der Waals surface area (Å²) in [6.45, 7) is 2.16. The van der Waals surface area contributed by atoms with Gasteiger partial charge < -0.3 is 21.1 Å². The maximum atomic E-state index is 12.6. The van der Waals surface area contributed by atoms with Gasteiger partial charge in [0, 0.05) is 6.42 Å². The standard InChI is InChI=1S/C23H37NO7S/c1-2-3-4-5-6-7-8-9-10-11-12-13-16-21(20(25)15-14-17-22(26)27)32(30,31)18-19(24)23(28)29/h6-7,9-13,16,19-21,25H,2-5,8,14-15,17-18,24H2,1H3,(H,26,27)(H,28,29). The van der Waals surface area contributed by atoms with Crippen molar-refractivity contribution in [2.45, 2.75) is 75.7 Å². The minimum absolute atomic E-state index is 0.0585. The van der Waals surface area contributed by atoms with Gasteiger partial charge in [0.25, 0.3) is 0 Å². The van der Waals surface area contributed by atoms with Crippen LogP contribution in [-0.4, -0.2) is 58.8 Å². The molecule has 0 amide bonds. The highest BCUT2D eigenvalue weighted by atomic mass is 32.2. The van der Waals surface area contributed by atoms with Crippen LogP contribution in [0, 0.1) is 0 Å². The highest BCUT2D eigenvalue weighted by Gasteiger charge is 2.33. The summed E-state index contributed by atoms with van der Waals surface area (Å²) in [4.78, 5) is 21.6. The van der Waals surface area contributed by atoms with Gasteiger partial charge >= 0.3 is 11.9 Å². The average molecular weight is 472 g/mol. The van der Waals surface area contributed by atoms with E-state index in [1.54, 1.807) is 12.2 Å². The maximum Gasteiger partial charge on any atom is 0.321 e. The number of aliphatic hydroxyl groups is 1. The van der Waals surface area contributed by atoms with Crippen LogP contribution in [0.25, 0.3) is 0 Å². The lowest BCUT2D eigenvalue weighted by molar-refractivity contribution is -0.138. The molecule has 9 heteroatoms. The van der Waals surface area contributed by atoms with E-state index in [1.165, 1.54) is 31.4 Å². The average Bonchev–Trinajstić information content (AvgIpc) is 2.70. The van der Waals surface area contributed by atoms with E-state index in [-0.39, 0.29) is 19.3 Å². The second kappa shape index (κ2) is 17.3. The van der Waals surface area contributed by atoms with E-state index in [2.05, 4.69) is 19.1 Å². The number of aliphatic carboxylic acids is 2. The van der Waals surface area contributed by atoms with Gasteiger partial charge in [-0.15, -0.1) is 0 Å². The minimum Gasteiger partial charge on any atom is -0.481 e. The van der Waals surface area contributed by atoms with Gasteiger partial charge in [0.2, 0.25) is 0 Å². The molecule has 0 aromatic rings. The highest BCUT2D eigenvalue weighted by Crippen LogP contribution is 2.16. The highest BCUT2D eigenvalue weighted by molar-refractivity contribution is 7.92. The third kappa shape index (κ3) is 14.7. The zero-order chi connectivity index (χ0) is 24.4. The summed E-state index contributed by atoms with van der Waals surface area (Å²) in [6.07, 6.45) is 17.9. The molecule has 0 aromatic carbocycles. The van der Waals surface area contributed by atoms with Crippen molar-refractivity contribution in [3.63, 3.8) is 0 Å². The largest absolute Gasteiger partial charge is 0.481 e. The summed E-state index contributed by atoms with van der Waals surface area (Å²) >= 11 is 0. The van der Waals surface area contributed by atoms with Gasteiger partial charge in [-0.25, -0.2) is 8.42 Å². The van der Waals surface area contributed by atoms with Crippen LogP contribution in [0.15, 0.2) is 48.6 Å². The second-order valence-electron chi connectivity index (χ2n) is 7.49. The van der Waals surface area contributed by atoms with E-state index in [4.69, 9.17) is 15.9 Å². The van der Waals surface area contributed by atoms with Crippen LogP contribution in [-0.2, 0) is 19.4 Å². The zero-order valence-electron chi connectivity index (χ0n) is 18.7. The summed E-state index contributed by atoms with van der Waals surface area (Å²) < 4.78 is 25.2. The van der Waals surface area contributed by atoms with Crippen LogP contribution in [0.3, 0.4) is 0 Å². The number of sulfone groups is 1. The smallest absolute Gasteiger partial charge is 0.321 e. The van der Waals surface area contributed by atoms with E-state index in [0.29, 0.717) is 0 Å². The number of carboxylic acid groups (broad SMARTS) is 2. The fourth-order valence-electron chi connectivity index (χ4n) is 2.81. The molecule has 32 heavy (non-hydrogen) atoms. The molecular formula is C23H37NO7S. The molecule has 0 heterocycles. The lowest BCUT2D eigenvalue weighted by Crippen LogP contribution is -2.43. The lowest BCUT2D eigenvalue weighted by atomic mass is 10.1. The molecule has 0 aliphatic carbocycles. The zero-order valence-corrected chi connectivity index (χ0v) is 19.5. The number of carboxylic acids is 2. The Kier molecular flexibility index (Phi) is 16.1. The van der Waals surface area contributed by atoms with Gasteiger partial charge in [-0.2, -0.15) is 0 Å². The SMILES string of the molecule is CCCCCC=CCC=CC=CC=CC(C(O)CCCC(=O)O)S(=O)(=O)CC(N)C(=O)O. The van der Waals surface area contributed by atoms with Crippen LogP contribution in [0.4, 0.5) is 0 Å². The van der Waals surface area contributed by atoms with Crippen molar-refractivity contribution in [1.82, 2.24) is 0 Å². The lowest BCUT2D eigenvalue weighted by Gasteiger charge is -2.21. The number of allylic oxidation sites excluding steroid dienone is 7. The molecule has 0 rings (SSSR count). The predicted molar refractivity (Wildman–Crippen MR) is 126 cm³/mol. The number of unbranched alkanes of at least 4 members (excludes halogenated alkanes) is 3. The Morgan fingerprint density at radius 3 is 2.28 bits per heavy atom. The molecular weight excluding hydrogens is 434 g/mol. The van der Waals surface area contributed by atoms with E-state index in [0.717, 1.165) is 12.8 Å². The van der Waals surface area contributed by atoms with E-state index in [1.807, 2.05) is 12.2 Å². The van der Waals surface area contributed by atoms with Crippen molar-refractivity contribution in [2.24, 2.45) is 5.73 Å². The normalized spacial score (nSPS) is 15.7. The summed E-state index contributed by atoms with van der Waals surface area (Å²) in [6, 6.07) is -1.62. The van der Waals surface area contributed by atoms with Gasteiger partial charge in [-0.3, -0.25) is 9.59 Å². The molecule has 5 N–H and O–H groups in total. The van der Waals surface area contributed by atoms with Crippen molar-refractivity contribution in [2.75, 3.05) is 5.75 Å². The fraction of sp³-hybridized carbons (Fsp3) is 0.565. The molecule has 0 spiro atoms. The van der Waals surface area contributed by atoms with Crippen molar-refractivity contribution < 1.29 is 33.3 Å². The molecule has 8 nitrogen and oxygen atoms in total. The molecule has 0 aliphatic heterocycles. The number of hydrogen-bond acceptors (Lipinski definition) is 6. The summed E-state index contributed by atoms with van der Waals surface area (Å²) in [7, 11) is -4.08.